The third kappa shape index (κ3) is 3.16. The number of anilines is 2. The van der Waals surface area contributed by atoms with Crippen molar-refractivity contribution < 1.29 is 4.79 Å². The van der Waals surface area contributed by atoms with Crippen LogP contribution in [0.15, 0.2) is 30.3 Å². The number of hydrogen-bond donors (Lipinski definition) is 2. The summed E-state index contributed by atoms with van der Waals surface area (Å²) in [6, 6.07) is 11.6. The monoisotopic (exact) mass is 393 g/mol. The Balaban J connectivity index is 2.33. The predicted octanol–water partition coefficient (Wildman–Crippen LogP) is 4.26. The van der Waals surface area contributed by atoms with Gasteiger partial charge in [0.05, 0.1) is 5.69 Å². The number of nitriles is 1. The molecule has 144 valence electrons. The Labute approximate surface area is 168 Å². The largest absolute Gasteiger partial charge is 0.397 e. The molecule has 0 radical (unpaired) electrons. The molecule has 0 bridgehead atoms. The molecule has 6 nitrogen and oxygen atoms in total. The van der Waals surface area contributed by atoms with Crippen LogP contribution in [0.5, 0.6) is 0 Å². The number of aromatic nitrogens is 1. The minimum absolute atomic E-state index is 0.0263. The Bertz CT molecular complexity index is 1070. The molecule has 0 fully saturated rings. The van der Waals surface area contributed by atoms with Crippen molar-refractivity contribution in [3.63, 3.8) is 0 Å². The topological polar surface area (TPSA) is 109 Å². The van der Waals surface area contributed by atoms with E-state index in [2.05, 4.69) is 11.1 Å². The lowest BCUT2D eigenvalue weighted by atomic mass is 9.97. The van der Waals surface area contributed by atoms with Crippen LogP contribution in [0.25, 0.3) is 21.3 Å². The summed E-state index contributed by atoms with van der Waals surface area (Å²) in [5.74, 6) is 0.000248. The molecule has 3 rings (SSSR count). The number of thiophene rings is 1. The summed E-state index contributed by atoms with van der Waals surface area (Å²) in [7, 11) is 0. The van der Waals surface area contributed by atoms with Gasteiger partial charge in [-0.15, -0.1) is 11.3 Å². The highest BCUT2D eigenvalue weighted by Crippen LogP contribution is 2.43. The van der Waals surface area contributed by atoms with E-state index >= 15 is 0 Å². The number of nitrogen functional groups attached to an aromatic ring is 2. The minimum Gasteiger partial charge on any atom is -0.397 e. The number of nitrogens with zero attached hydrogens (tertiary/aromatic N) is 3. The Kier molecular flexibility index (Phi) is 5.25. The average Bonchev–Trinajstić information content (AvgIpc) is 2.96. The van der Waals surface area contributed by atoms with Crippen LogP contribution in [0, 0.1) is 11.3 Å². The third-order valence-corrected chi connectivity index (χ3v) is 5.71. The fourth-order valence-corrected chi connectivity index (χ4v) is 4.57. The van der Waals surface area contributed by atoms with Crippen molar-refractivity contribution in [2.24, 2.45) is 0 Å². The van der Waals surface area contributed by atoms with Gasteiger partial charge in [0, 0.05) is 23.0 Å². The summed E-state index contributed by atoms with van der Waals surface area (Å²) in [4.78, 5) is 20.4. The first kappa shape index (κ1) is 19.6. The molecule has 4 N–H and O–H groups in total. The van der Waals surface area contributed by atoms with E-state index in [-0.39, 0.29) is 29.4 Å². The second-order valence-electron chi connectivity index (χ2n) is 7.15. The van der Waals surface area contributed by atoms with Gasteiger partial charge in [0.15, 0.2) is 0 Å². The van der Waals surface area contributed by atoms with E-state index in [0.29, 0.717) is 26.3 Å². The van der Waals surface area contributed by atoms with Crippen LogP contribution in [0.3, 0.4) is 0 Å². The van der Waals surface area contributed by atoms with Crippen LogP contribution in [0.2, 0.25) is 0 Å². The molecule has 2 heterocycles. The van der Waals surface area contributed by atoms with Crippen LogP contribution in [0.1, 0.15) is 42.9 Å². The lowest BCUT2D eigenvalue weighted by Gasteiger charge is -2.30. The first-order chi connectivity index (χ1) is 13.3. The highest BCUT2D eigenvalue weighted by atomic mass is 32.1. The quantitative estimate of drug-likeness (QED) is 0.688. The van der Waals surface area contributed by atoms with Crippen LogP contribution in [-0.4, -0.2) is 27.9 Å². The molecule has 1 amide bonds. The van der Waals surface area contributed by atoms with Gasteiger partial charge < -0.3 is 16.4 Å². The number of hydrogen-bond acceptors (Lipinski definition) is 6. The van der Waals surface area contributed by atoms with E-state index in [0.717, 1.165) is 5.56 Å². The van der Waals surface area contributed by atoms with E-state index in [1.165, 1.54) is 11.3 Å². The summed E-state index contributed by atoms with van der Waals surface area (Å²) >= 11 is 1.22. The molecule has 1 aromatic carbocycles. The van der Waals surface area contributed by atoms with Crippen LogP contribution >= 0.6 is 11.3 Å². The second-order valence-corrected chi connectivity index (χ2v) is 8.15. The van der Waals surface area contributed by atoms with Crippen LogP contribution in [0.4, 0.5) is 11.5 Å². The Morgan fingerprint density at radius 1 is 1.14 bits per heavy atom. The summed E-state index contributed by atoms with van der Waals surface area (Å²) in [5, 5.41) is 10.3. The van der Waals surface area contributed by atoms with E-state index in [9.17, 15) is 10.1 Å². The van der Waals surface area contributed by atoms with Gasteiger partial charge in [0.25, 0.3) is 5.91 Å². The Morgan fingerprint density at radius 2 is 1.75 bits per heavy atom. The number of carbonyl (C=O) groups excluding carboxylic acids is 1. The van der Waals surface area contributed by atoms with Crippen molar-refractivity contribution in [2.45, 2.75) is 39.8 Å². The normalized spacial score (nSPS) is 11.2. The first-order valence-corrected chi connectivity index (χ1v) is 9.89. The summed E-state index contributed by atoms with van der Waals surface area (Å²) in [6.45, 7) is 7.89. The van der Waals surface area contributed by atoms with E-state index in [1.807, 2.05) is 58.0 Å². The summed E-state index contributed by atoms with van der Waals surface area (Å²) in [5.41, 5.74) is 14.6. The maximum atomic E-state index is 13.2. The molecule has 0 atom stereocenters. The number of rotatable bonds is 4. The van der Waals surface area contributed by atoms with Crippen LogP contribution in [-0.2, 0) is 0 Å². The van der Waals surface area contributed by atoms with Gasteiger partial charge in [-0.1, -0.05) is 30.3 Å². The summed E-state index contributed by atoms with van der Waals surface area (Å²) in [6.07, 6.45) is 0. The molecular formula is C21H23N5OS. The van der Waals surface area contributed by atoms with Crippen molar-refractivity contribution >= 4 is 39.0 Å². The number of carbonyl (C=O) groups is 1. The van der Waals surface area contributed by atoms with Crippen molar-refractivity contribution in [3.05, 3.63) is 40.8 Å². The highest BCUT2D eigenvalue weighted by Gasteiger charge is 2.29. The fraction of sp³-hybridized carbons (Fsp3) is 0.286. The van der Waals surface area contributed by atoms with Crippen LogP contribution < -0.4 is 11.5 Å². The van der Waals surface area contributed by atoms with Gasteiger partial charge in [0.2, 0.25) is 0 Å². The molecule has 0 spiro atoms. The van der Waals surface area contributed by atoms with Crippen molar-refractivity contribution in [3.8, 4) is 17.2 Å². The maximum Gasteiger partial charge on any atom is 0.266 e. The molecule has 0 unspecified atom stereocenters. The molecule has 0 aliphatic heterocycles. The molecular weight excluding hydrogens is 370 g/mol. The Hall–Kier alpha value is -3.11. The number of fused-ring (bicyclic) bond motifs is 1. The van der Waals surface area contributed by atoms with E-state index in [1.54, 1.807) is 4.90 Å². The zero-order valence-electron chi connectivity index (χ0n) is 16.4. The third-order valence-electron chi connectivity index (χ3n) is 4.62. The number of amides is 1. The van der Waals surface area contributed by atoms with Gasteiger partial charge in [-0.25, -0.2) is 4.98 Å². The van der Waals surface area contributed by atoms with Gasteiger partial charge in [-0.3, -0.25) is 4.79 Å². The summed E-state index contributed by atoms with van der Waals surface area (Å²) < 4.78 is 0. The smallest absolute Gasteiger partial charge is 0.266 e. The molecule has 2 aromatic heterocycles. The van der Waals surface area contributed by atoms with Gasteiger partial charge in [-0.05, 0) is 33.3 Å². The zero-order valence-corrected chi connectivity index (χ0v) is 17.2. The average molecular weight is 394 g/mol. The van der Waals surface area contributed by atoms with Crippen molar-refractivity contribution in [1.29, 1.82) is 5.26 Å². The first-order valence-electron chi connectivity index (χ1n) is 9.07. The number of pyridine rings is 1. The lowest BCUT2D eigenvalue weighted by Crippen LogP contribution is -2.41. The second kappa shape index (κ2) is 7.49. The van der Waals surface area contributed by atoms with Crippen molar-refractivity contribution in [2.75, 3.05) is 11.5 Å². The van der Waals surface area contributed by atoms with E-state index in [4.69, 9.17) is 11.5 Å². The molecule has 0 aliphatic carbocycles. The van der Waals surface area contributed by atoms with Gasteiger partial charge in [0.1, 0.15) is 27.2 Å². The lowest BCUT2D eigenvalue weighted by molar-refractivity contribution is 0.0650. The zero-order chi connectivity index (χ0) is 20.6. The standard InChI is InChI=1S/C21H23N5OS/c1-11(2)26(12(3)4)21(27)18-17(23)16-15(13-8-6-5-7-9-13)14(10-22)19(24)25-20(16)28-18/h5-9,11-12H,23H2,1-4H3,(H2,24,25). The number of benzene rings is 1. The molecule has 0 saturated carbocycles. The van der Waals surface area contributed by atoms with Gasteiger partial charge in [-0.2, -0.15) is 5.26 Å². The van der Waals surface area contributed by atoms with Crippen molar-refractivity contribution in [1.82, 2.24) is 9.88 Å². The minimum atomic E-state index is -0.137. The number of nitrogens with two attached hydrogens (primary N) is 2. The fourth-order valence-electron chi connectivity index (χ4n) is 3.52. The molecule has 0 saturated heterocycles. The molecule has 3 aromatic rings. The molecule has 0 aliphatic rings. The predicted molar refractivity (Wildman–Crippen MR) is 115 cm³/mol. The van der Waals surface area contributed by atoms with E-state index < -0.39 is 0 Å². The van der Waals surface area contributed by atoms with Gasteiger partial charge >= 0.3 is 0 Å². The molecule has 28 heavy (non-hydrogen) atoms. The molecule has 7 heteroatoms. The SMILES string of the molecule is CC(C)N(C(=O)c1sc2nc(N)c(C#N)c(-c3ccccc3)c2c1N)C(C)C. The highest BCUT2D eigenvalue weighted by molar-refractivity contribution is 7.21. The maximum absolute atomic E-state index is 13.2. The Morgan fingerprint density at radius 3 is 2.29 bits per heavy atom.